The van der Waals surface area contributed by atoms with Crippen molar-refractivity contribution in [3.8, 4) is 0 Å². The van der Waals surface area contributed by atoms with E-state index in [0.717, 1.165) is 6.07 Å². The third-order valence-electron chi connectivity index (χ3n) is 3.61. The number of hydrogen-bond acceptors (Lipinski definition) is 2. The van der Waals surface area contributed by atoms with Crippen LogP contribution in [0.3, 0.4) is 0 Å². The molecule has 1 heterocycles. The number of halogens is 5. The molecule has 2 rings (SSSR count). The van der Waals surface area contributed by atoms with Crippen molar-refractivity contribution in [3.05, 3.63) is 34.6 Å². The number of Topliss-reactive ketones (excluding diaryl/α,β-unsaturated/α-hetero) is 1. The largest absolute Gasteiger partial charge is 0.402 e. The Morgan fingerprint density at radius 1 is 1.40 bits per heavy atom. The molecular formula is C13H12ClF4NO. The summed E-state index contributed by atoms with van der Waals surface area (Å²) in [7, 11) is 0. The van der Waals surface area contributed by atoms with Gasteiger partial charge in [-0.1, -0.05) is 23.7 Å². The van der Waals surface area contributed by atoms with Crippen molar-refractivity contribution in [1.29, 1.82) is 0 Å². The first-order valence-electron chi connectivity index (χ1n) is 6.01. The molecule has 0 aromatic heterocycles. The SMILES string of the molecule is O=C(Cc1cccc(F)c1Cl)C1(C(F)(F)F)CCNC1. The maximum atomic E-state index is 13.3. The van der Waals surface area contributed by atoms with Crippen LogP contribution in [0.1, 0.15) is 12.0 Å². The predicted molar refractivity (Wildman–Crippen MR) is 66.1 cm³/mol. The second-order valence-corrected chi connectivity index (χ2v) is 5.20. The van der Waals surface area contributed by atoms with Crippen molar-refractivity contribution in [2.75, 3.05) is 13.1 Å². The highest BCUT2D eigenvalue weighted by Crippen LogP contribution is 2.44. The van der Waals surface area contributed by atoms with Crippen molar-refractivity contribution in [2.45, 2.75) is 19.0 Å². The van der Waals surface area contributed by atoms with Crippen LogP contribution in [0.5, 0.6) is 0 Å². The highest BCUT2D eigenvalue weighted by molar-refractivity contribution is 6.31. The fourth-order valence-electron chi connectivity index (χ4n) is 2.36. The van der Waals surface area contributed by atoms with Gasteiger partial charge in [0.1, 0.15) is 11.2 Å². The van der Waals surface area contributed by atoms with Crippen molar-refractivity contribution >= 4 is 17.4 Å². The molecule has 1 fully saturated rings. The quantitative estimate of drug-likeness (QED) is 0.869. The number of ketones is 1. The van der Waals surface area contributed by atoms with Gasteiger partial charge in [-0.15, -0.1) is 0 Å². The fourth-order valence-corrected chi connectivity index (χ4v) is 2.55. The standard InChI is InChI=1S/C13H12ClF4NO/c14-11-8(2-1-3-9(11)15)6-10(20)12(13(16,17)18)4-5-19-7-12/h1-3,19H,4-7H2. The van der Waals surface area contributed by atoms with Crippen molar-refractivity contribution in [1.82, 2.24) is 5.32 Å². The number of benzene rings is 1. The Labute approximate surface area is 118 Å². The zero-order valence-electron chi connectivity index (χ0n) is 10.4. The molecule has 1 aliphatic rings. The first-order valence-corrected chi connectivity index (χ1v) is 6.39. The lowest BCUT2D eigenvalue weighted by Crippen LogP contribution is -2.47. The zero-order chi connectivity index (χ0) is 15.0. The topological polar surface area (TPSA) is 29.1 Å². The first-order chi connectivity index (χ1) is 9.28. The number of carbonyl (C=O) groups excluding carboxylic acids is 1. The van der Waals surface area contributed by atoms with E-state index in [1.54, 1.807) is 0 Å². The van der Waals surface area contributed by atoms with Gasteiger partial charge < -0.3 is 5.32 Å². The Balaban J connectivity index is 2.29. The molecule has 1 atom stereocenters. The van der Waals surface area contributed by atoms with Gasteiger partial charge in [-0.25, -0.2) is 4.39 Å². The minimum Gasteiger partial charge on any atom is -0.315 e. The molecule has 0 aliphatic carbocycles. The van der Waals surface area contributed by atoms with Gasteiger partial charge in [0.15, 0.2) is 5.78 Å². The van der Waals surface area contributed by atoms with E-state index in [9.17, 15) is 22.4 Å². The predicted octanol–water partition coefficient (Wildman–Crippen LogP) is 3.13. The first kappa shape index (κ1) is 15.3. The van der Waals surface area contributed by atoms with Crippen LogP contribution in [-0.2, 0) is 11.2 Å². The average molecular weight is 310 g/mol. The molecule has 1 aliphatic heterocycles. The van der Waals surface area contributed by atoms with Crippen LogP contribution in [0, 0.1) is 11.2 Å². The molecule has 0 radical (unpaired) electrons. The van der Waals surface area contributed by atoms with E-state index in [1.807, 2.05) is 0 Å². The van der Waals surface area contributed by atoms with Crippen molar-refractivity contribution in [2.24, 2.45) is 5.41 Å². The van der Waals surface area contributed by atoms with Gasteiger partial charge in [0.05, 0.1) is 5.02 Å². The van der Waals surface area contributed by atoms with E-state index in [4.69, 9.17) is 11.6 Å². The summed E-state index contributed by atoms with van der Waals surface area (Å²) in [5.74, 6) is -1.73. The number of nitrogens with one attached hydrogen (secondary N) is 1. The van der Waals surface area contributed by atoms with Crippen molar-refractivity contribution in [3.63, 3.8) is 0 Å². The number of hydrogen-bond donors (Lipinski definition) is 1. The minimum absolute atomic E-state index is 0.0761. The Bertz CT molecular complexity index is 524. The van der Waals surface area contributed by atoms with E-state index in [2.05, 4.69) is 5.32 Å². The third-order valence-corrected chi connectivity index (χ3v) is 4.04. The molecule has 0 amide bonds. The molecule has 1 aromatic carbocycles. The smallest absolute Gasteiger partial charge is 0.315 e. The van der Waals surface area contributed by atoms with Crippen LogP contribution in [0.15, 0.2) is 18.2 Å². The lowest BCUT2D eigenvalue weighted by atomic mass is 9.79. The summed E-state index contributed by atoms with van der Waals surface area (Å²) < 4.78 is 52.8. The van der Waals surface area contributed by atoms with Gasteiger partial charge in [-0.3, -0.25) is 4.79 Å². The number of alkyl halides is 3. The highest BCUT2D eigenvalue weighted by atomic mass is 35.5. The summed E-state index contributed by atoms with van der Waals surface area (Å²) >= 11 is 5.68. The summed E-state index contributed by atoms with van der Waals surface area (Å²) in [6.45, 7) is -0.315. The van der Waals surface area contributed by atoms with Crippen LogP contribution >= 0.6 is 11.6 Å². The lowest BCUT2D eigenvalue weighted by Gasteiger charge is -2.29. The molecule has 20 heavy (non-hydrogen) atoms. The molecule has 1 N–H and O–H groups in total. The number of rotatable bonds is 3. The fraction of sp³-hybridized carbons (Fsp3) is 0.462. The summed E-state index contributed by atoms with van der Waals surface area (Å²) in [6.07, 6.45) is -5.46. The minimum atomic E-state index is -4.63. The van der Waals surface area contributed by atoms with E-state index in [1.165, 1.54) is 12.1 Å². The maximum Gasteiger partial charge on any atom is 0.402 e. The second kappa shape index (κ2) is 5.33. The Morgan fingerprint density at radius 2 is 2.10 bits per heavy atom. The zero-order valence-corrected chi connectivity index (χ0v) is 11.1. The monoisotopic (exact) mass is 309 g/mol. The van der Waals surface area contributed by atoms with Gasteiger partial charge >= 0.3 is 6.18 Å². The Morgan fingerprint density at radius 3 is 2.65 bits per heavy atom. The van der Waals surface area contributed by atoms with Gasteiger partial charge in [0.2, 0.25) is 0 Å². The normalized spacial score (nSPS) is 23.1. The summed E-state index contributed by atoms with van der Waals surface area (Å²) in [4.78, 5) is 12.1. The summed E-state index contributed by atoms with van der Waals surface area (Å²) in [6, 6.07) is 3.76. The van der Waals surface area contributed by atoms with Crippen LogP contribution in [-0.4, -0.2) is 25.0 Å². The second-order valence-electron chi connectivity index (χ2n) is 4.82. The van der Waals surface area contributed by atoms with E-state index in [0.29, 0.717) is 0 Å². The van der Waals surface area contributed by atoms with Gasteiger partial charge in [-0.2, -0.15) is 13.2 Å². The summed E-state index contributed by atoms with van der Waals surface area (Å²) in [5.41, 5.74) is -2.32. The van der Waals surface area contributed by atoms with Crippen LogP contribution in [0.2, 0.25) is 5.02 Å². The number of carbonyl (C=O) groups is 1. The molecule has 0 saturated carbocycles. The molecule has 7 heteroatoms. The van der Waals surface area contributed by atoms with Crippen LogP contribution in [0.25, 0.3) is 0 Å². The molecule has 1 aromatic rings. The molecule has 0 bridgehead atoms. The Kier molecular flexibility index (Phi) is 4.07. The molecule has 110 valence electrons. The van der Waals surface area contributed by atoms with E-state index < -0.39 is 36.2 Å². The van der Waals surface area contributed by atoms with Crippen LogP contribution < -0.4 is 5.32 Å². The van der Waals surface area contributed by atoms with E-state index in [-0.39, 0.29) is 23.6 Å². The maximum absolute atomic E-state index is 13.3. The van der Waals surface area contributed by atoms with E-state index >= 15 is 0 Å². The van der Waals surface area contributed by atoms with Gasteiger partial charge in [-0.05, 0) is 24.6 Å². The molecular weight excluding hydrogens is 298 g/mol. The lowest BCUT2D eigenvalue weighted by molar-refractivity contribution is -0.214. The average Bonchev–Trinajstić information content (AvgIpc) is 2.85. The van der Waals surface area contributed by atoms with Gasteiger partial charge in [0, 0.05) is 13.0 Å². The molecule has 1 unspecified atom stereocenters. The molecule has 2 nitrogen and oxygen atoms in total. The van der Waals surface area contributed by atoms with Crippen molar-refractivity contribution < 1.29 is 22.4 Å². The highest BCUT2D eigenvalue weighted by Gasteiger charge is 2.60. The third kappa shape index (κ3) is 2.54. The summed E-state index contributed by atoms with van der Waals surface area (Å²) in [5, 5.41) is 2.26. The van der Waals surface area contributed by atoms with Crippen LogP contribution in [0.4, 0.5) is 17.6 Å². The van der Waals surface area contributed by atoms with Gasteiger partial charge in [0.25, 0.3) is 0 Å². The molecule has 0 spiro atoms. The molecule has 1 saturated heterocycles. The Hall–Kier alpha value is -1.14.